The Kier molecular flexibility index (Phi) is 8.54. The minimum absolute atomic E-state index is 0. The van der Waals surface area contributed by atoms with Gasteiger partial charge in [-0.05, 0) is 49.5 Å². The first-order valence-corrected chi connectivity index (χ1v) is 13.8. The van der Waals surface area contributed by atoms with E-state index in [1.807, 2.05) is 7.05 Å². The summed E-state index contributed by atoms with van der Waals surface area (Å²) in [5.74, 6) is -1.09. The number of phenols is 1. The molecule has 0 unspecified atom stereocenters. The third kappa shape index (κ3) is 5.84. The van der Waals surface area contributed by atoms with Crippen LogP contribution in [-0.2, 0) is 10.0 Å². The molecule has 41 heavy (non-hydrogen) atoms. The van der Waals surface area contributed by atoms with Crippen LogP contribution < -0.4 is 15.9 Å². The average molecular weight is 601 g/mol. The van der Waals surface area contributed by atoms with Crippen LogP contribution in [0.1, 0.15) is 20.7 Å². The van der Waals surface area contributed by atoms with Gasteiger partial charge >= 0.3 is 0 Å². The molecule has 0 radical (unpaired) electrons. The van der Waals surface area contributed by atoms with Crippen molar-refractivity contribution in [2.45, 2.75) is 4.90 Å². The molecule has 1 saturated heterocycles. The number of carbonyl (C=O) groups excluding carboxylic acids is 2. The molecule has 4 N–H and O–H groups in total. The van der Waals surface area contributed by atoms with Gasteiger partial charge in [-0.15, -0.1) is 12.4 Å². The lowest BCUT2D eigenvalue weighted by Crippen LogP contribution is -2.47. The first-order valence-electron chi connectivity index (χ1n) is 12.4. The van der Waals surface area contributed by atoms with Crippen LogP contribution in [0, 0.1) is 0 Å². The summed E-state index contributed by atoms with van der Waals surface area (Å²) in [4.78, 5) is 31.5. The molecule has 14 heteroatoms. The lowest BCUT2D eigenvalue weighted by atomic mass is 10.1. The van der Waals surface area contributed by atoms with Gasteiger partial charge in [-0.1, -0.05) is 0 Å². The fourth-order valence-corrected chi connectivity index (χ4v) is 5.92. The van der Waals surface area contributed by atoms with Crippen LogP contribution in [0.15, 0.2) is 65.8 Å². The average Bonchev–Trinajstić information content (AvgIpc) is 3.30. The number of piperazine rings is 1. The van der Waals surface area contributed by atoms with Gasteiger partial charge in [0.25, 0.3) is 5.91 Å². The van der Waals surface area contributed by atoms with Crippen molar-refractivity contribution in [1.29, 1.82) is 0 Å². The standard InChI is InChI=1S/C27H28N6O6S.ClH/c1-31-9-11-32(12-10-31)40(37,38)19-5-7-23(29-15-19)22-16-33(24-8-3-17(26(28)35)13-21(22)24)30-27(36)20-6-4-18(39-2)14-25(20)34;/h3-8,13-16,34H,9-12H2,1-2H3,(H2,28,35)(H,30,36);1H. The number of likely N-dealkylation sites (N-methyl/N-ethyl adjacent to an activating group) is 1. The predicted octanol–water partition coefficient (Wildman–Crippen LogP) is 2.26. The number of nitrogens with two attached hydrogens (primary N) is 1. The Hall–Kier alpha value is -4.17. The van der Waals surface area contributed by atoms with Crippen LogP contribution in [0.4, 0.5) is 0 Å². The molecule has 3 heterocycles. The number of hydrogen-bond donors (Lipinski definition) is 3. The molecule has 0 aliphatic carbocycles. The Balaban J connectivity index is 0.00000387. The number of rotatable bonds is 7. The van der Waals surface area contributed by atoms with Gasteiger partial charge in [0.05, 0.1) is 23.9 Å². The summed E-state index contributed by atoms with van der Waals surface area (Å²) in [5, 5.41) is 10.9. The maximum Gasteiger partial charge on any atom is 0.273 e. The van der Waals surface area contributed by atoms with E-state index in [4.69, 9.17) is 10.5 Å². The zero-order valence-electron chi connectivity index (χ0n) is 22.3. The van der Waals surface area contributed by atoms with Gasteiger partial charge in [-0.3, -0.25) is 24.7 Å². The zero-order valence-corrected chi connectivity index (χ0v) is 23.9. The molecule has 1 fully saturated rings. The van der Waals surface area contributed by atoms with E-state index in [2.05, 4.69) is 15.3 Å². The molecule has 12 nitrogen and oxygen atoms in total. The van der Waals surface area contributed by atoms with E-state index in [0.717, 1.165) is 0 Å². The number of aromatic nitrogens is 2. The molecule has 0 bridgehead atoms. The molecule has 2 aromatic heterocycles. The molecule has 216 valence electrons. The normalized spacial score (nSPS) is 14.4. The monoisotopic (exact) mass is 600 g/mol. The van der Waals surface area contributed by atoms with Crippen LogP contribution in [0.2, 0.25) is 0 Å². The Morgan fingerprint density at radius 2 is 1.78 bits per heavy atom. The molecule has 0 saturated carbocycles. The second kappa shape index (κ2) is 11.7. The van der Waals surface area contributed by atoms with E-state index in [1.165, 1.54) is 46.6 Å². The van der Waals surface area contributed by atoms with Crippen molar-refractivity contribution >= 4 is 45.1 Å². The van der Waals surface area contributed by atoms with Crippen LogP contribution in [0.25, 0.3) is 22.2 Å². The molecule has 4 aromatic rings. The topological polar surface area (TPSA) is 160 Å². The number of hydrogen-bond acceptors (Lipinski definition) is 8. The van der Waals surface area contributed by atoms with Gasteiger partial charge in [0.1, 0.15) is 16.4 Å². The Labute approximate surface area is 242 Å². The maximum absolute atomic E-state index is 13.1. The number of benzene rings is 2. The predicted molar refractivity (Wildman–Crippen MR) is 156 cm³/mol. The van der Waals surface area contributed by atoms with Crippen molar-refractivity contribution in [3.8, 4) is 22.8 Å². The number of phenolic OH excluding ortho intramolecular Hbond substituents is 1. The van der Waals surface area contributed by atoms with E-state index >= 15 is 0 Å². The SMILES string of the molecule is COc1ccc(C(=O)Nn2cc(-c3ccc(S(=O)(=O)N4CCN(C)CC4)cn3)c3cc(C(N)=O)ccc32)c(O)c1.Cl. The number of methoxy groups -OCH3 is 1. The minimum Gasteiger partial charge on any atom is -0.507 e. The van der Waals surface area contributed by atoms with Crippen molar-refractivity contribution < 1.29 is 27.9 Å². The largest absolute Gasteiger partial charge is 0.507 e. The van der Waals surface area contributed by atoms with Gasteiger partial charge in [0.15, 0.2) is 0 Å². The summed E-state index contributed by atoms with van der Waals surface area (Å²) in [5.41, 5.74) is 9.98. The minimum atomic E-state index is -3.71. The van der Waals surface area contributed by atoms with Gasteiger partial charge < -0.3 is 20.5 Å². The number of carbonyl (C=O) groups is 2. The molecule has 0 spiro atoms. The number of nitrogens with one attached hydrogen (secondary N) is 1. The Bertz CT molecular complexity index is 1720. The number of halogens is 1. The summed E-state index contributed by atoms with van der Waals surface area (Å²) < 4.78 is 34.2. The lowest BCUT2D eigenvalue weighted by Gasteiger charge is -2.31. The number of amides is 2. The first-order chi connectivity index (χ1) is 19.1. The molecule has 1 aliphatic rings. The number of fused-ring (bicyclic) bond motifs is 1. The van der Waals surface area contributed by atoms with Crippen molar-refractivity contribution in [3.63, 3.8) is 0 Å². The lowest BCUT2D eigenvalue weighted by molar-refractivity contribution is 0.0994. The molecule has 2 amide bonds. The number of pyridine rings is 1. The maximum atomic E-state index is 13.1. The fraction of sp³-hybridized carbons (Fsp3) is 0.222. The van der Waals surface area contributed by atoms with E-state index in [1.54, 1.807) is 30.5 Å². The highest BCUT2D eigenvalue weighted by Gasteiger charge is 2.28. The van der Waals surface area contributed by atoms with Gasteiger partial charge in [0.2, 0.25) is 15.9 Å². The highest BCUT2D eigenvalue weighted by molar-refractivity contribution is 7.89. The number of ether oxygens (including phenoxy) is 1. The van der Waals surface area contributed by atoms with E-state index < -0.39 is 21.8 Å². The molecule has 1 aliphatic heterocycles. The molecule has 5 rings (SSSR count). The van der Waals surface area contributed by atoms with Gasteiger partial charge in [-0.2, -0.15) is 4.31 Å². The summed E-state index contributed by atoms with van der Waals surface area (Å²) in [6, 6.07) is 12.1. The van der Waals surface area contributed by atoms with E-state index in [9.17, 15) is 23.1 Å². The highest BCUT2D eigenvalue weighted by Crippen LogP contribution is 2.31. The molecular formula is C27H29ClN6O6S. The summed E-state index contributed by atoms with van der Waals surface area (Å²) in [6.45, 7) is 2.08. The smallest absolute Gasteiger partial charge is 0.273 e. The van der Waals surface area contributed by atoms with Crippen LogP contribution >= 0.6 is 12.4 Å². The Morgan fingerprint density at radius 3 is 2.39 bits per heavy atom. The van der Waals surface area contributed by atoms with Gasteiger partial charge in [-0.25, -0.2) is 8.42 Å². The van der Waals surface area contributed by atoms with Crippen molar-refractivity contribution in [3.05, 3.63) is 72.1 Å². The number of nitrogens with zero attached hydrogens (tertiary/aromatic N) is 4. The third-order valence-corrected chi connectivity index (χ3v) is 8.76. The number of aromatic hydroxyl groups is 1. The van der Waals surface area contributed by atoms with Crippen LogP contribution in [0.5, 0.6) is 11.5 Å². The molecule has 2 aromatic carbocycles. The van der Waals surface area contributed by atoms with Crippen molar-refractivity contribution in [2.75, 3.05) is 45.8 Å². The number of primary amides is 1. The quantitative estimate of drug-likeness (QED) is 0.291. The summed E-state index contributed by atoms with van der Waals surface area (Å²) >= 11 is 0. The van der Waals surface area contributed by atoms with E-state index in [0.29, 0.717) is 54.1 Å². The fourth-order valence-electron chi connectivity index (χ4n) is 4.55. The zero-order chi connectivity index (χ0) is 28.6. The van der Waals surface area contributed by atoms with Gasteiger partial charge in [0, 0.05) is 61.2 Å². The van der Waals surface area contributed by atoms with Crippen LogP contribution in [0.3, 0.4) is 0 Å². The van der Waals surface area contributed by atoms with Crippen molar-refractivity contribution in [1.82, 2.24) is 18.9 Å². The van der Waals surface area contributed by atoms with Crippen molar-refractivity contribution in [2.24, 2.45) is 5.73 Å². The first kappa shape index (κ1) is 29.8. The molecule has 0 atom stereocenters. The second-order valence-corrected chi connectivity index (χ2v) is 11.4. The number of sulfonamides is 1. The second-order valence-electron chi connectivity index (χ2n) is 9.42. The molecular weight excluding hydrogens is 572 g/mol. The third-order valence-electron chi connectivity index (χ3n) is 6.87. The Morgan fingerprint density at radius 1 is 1.05 bits per heavy atom. The van der Waals surface area contributed by atoms with Crippen LogP contribution in [-0.4, -0.2) is 84.5 Å². The van der Waals surface area contributed by atoms with E-state index in [-0.39, 0.29) is 34.2 Å². The summed E-state index contributed by atoms with van der Waals surface area (Å²) in [6.07, 6.45) is 2.91. The highest BCUT2D eigenvalue weighted by atomic mass is 35.5. The summed E-state index contributed by atoms with van der Waals surface area (Å²) in [7, 11) is -0.311.